The Hall–Kier alpha value is -2.08. The standard InChI is InChI=1S/C15H19N3O3/c1-8(2)9-5-6-10-12(13(9)21-15(19)20)18-14(17-10)11-4-3-7-16-11/h5-6,8,11,16H,3-4,7H2,1-2H3,(H,17,18)(H,19,20). The van der Waals surface area contributed by atoms with E-state index in [0.29, 0.717) is 11.3 Å². The van der Waals surface area contributed by atoms with Crippen LogP contribution in [0.1, 0.15) is 50.0 Å². The van der Waals surface area contributed by atoms with Crippen molar-refractivity contribution in [1.82, 2.24) is 15.3 Å². The van der Waals surface area contributed by atoms with E-state index in [1.165, 1.54) is 0 Å². The van der Waals surface area contributed by atoms with Gasteiger partial charge in [0.15, 0.2) is 5.75 Å². The summed E-state index contributed by atoms with van der Waals surface area (Å²) in [7, 11) is 0. The van der Waals surface area contributed by atoms with E-state index < -0.39 is 6.16 Å². The number of nitrogens with one attached hydrogen (secondary N) is 2. The molecule has 3 rings (SSSR count). The van der Waals surface area contributed by atoms with Gasteiger partial charge in [-0.15, -0.1) is 0 Å². The number of aromatic nitrogens is 2. The molecule has 21 heavy (non-hydrogen) atoms. The van der Waals surface area contributed by atoms with Crippen LogP contribution in [0, 0.1) is 0 Å². The summed E-state index contributed by atoms with van der Waals surface area (Å²) in [6.45, 7) is 4.99. The molecule has 1 unspecified atom stereocenters. The number of ether oxygens (including phenoxy) is 1. The Labute approximate surface area is 122 Å². The van der Waals surface area contributed by atoms with Gasteiger partial charge in [-0.3, -0.25) is 0 Å². The van der Waals surface area contributed by atoms with Gasteiger partial charge in [0.2, 0.25) is 0 Å². The van der Waals surface area contributed by atoms with Crippen LogP contribution in [0.5, 0.6) is 5.75 Å². The fraction of sp³-hybridized carbons (Fsp3) is 0.467. The van der Waals surface area contributed by atoms with Crippen LogP contribution in [0.3, 0.4) is 0 Å². The first-order valence-electron chi connectivity index (χ1n) is 7.23. The number of carboxylic acid groups (broad SMARTS) is 1. The molecule has 1 aliphatic rings. The smallest absolute Gasteiger partial charge is 0.449 e. The maximum atomic E-state index is 11.0. The zero-order valence-electron chi connectivity index (χ0n) is 12.1. The molecule has 2 aromatic rings. The molecule has 112 valence electrons. The van der Waals surface area contributed by atoms with Crippen molar-refractivity contribution in [3.8, 4) is 5.75 Å². The van der Waals surface area contributed by atoms with Gasteiger partial charge < -0.3 is 20.1 Å². The lowest BCUT2D eigenvalue weighted by Crippen LogP contribution is -2.14. The van der Waals surface area contributed by atoms with Gasteiger partial charge in [0, 0.05) is 5.56 Å². The predicted octanol–water partition coefficient (Wildman–Crippen LogP) is 3.17. The Morgan fingerprint density at radius 1 is 1.48 bits per heavy atom. The van der Waals surface area contributed by atoms with Gasteiger partial charge in [-0.05, 0) is 31.4 Å². The lowest BCUT2D eigenvalue weighted by Gasteiger charge is -2.11. The molecule has 0 radical (unpaired) electrons. The zero-order valence-corrected chi connectivity index (χ0v) is 12.1. The number of benzene rings is 1. The molecular weight excluding hydrogens is 270 g/mol. The molecule has 0 saturated carbocycles. The van der Waals surface area contributed by atoms with Crippen molar-refractivity contribution in [3.05, 3.63) is 23.5 Å². The van der Waals surface area contributed by atoms with E-state index >= 15 is 0 Å². The number of fused-ring (bicyclic) bond motifs is 1. The first kappa shape index (κ1) is 13.9. The number of hydrogen-bond acceptors (Lipinski definition) is 4. The molecule has 0 spiro atoms. The zero-order chi connectivity index (χ0) is 15.0. The summed E-state index contributed by atoms with van der Waals surface area (Å²) in [5.41, 5.74) is 2.24. The van der Waals surface area contributed by atoms with Gasteiger partial charge in [0.05, 0.1) is 11.6 Å². The molecule has 1 saturated heterocycles. The second-order valence-electron chi connectivity index (χ2n) is 5.67. The van der Waals surface area contributed by atoms with Gasteiger partial charge in [-0.25, -0.2) is 9.78 Å². The molecule has 1 aliphatic heterocycles. The fourth-order valence-electron chi connectivity index (χ4n) is 2.82. The van der Waals surface area contributed by atoms with Crippen LogP contribution >= 0.6 is 0 Å². The maximum absolute atomic E-state index is 11.0. The Morgan fingerprint density at radius 3 is 2.90 bits per heavy atom. The fourth-order valence-corrected chi connectivity index (χ4v) is 2.82. The molecule has 6 heteroatoms. The highest BCUT2D eigenvalue weighted by Crippen LogP contribution is 2.34. The van der Waals surface area contributed by atoms with E-state index in [1.807, 2.05) is 26.0 Å². The largest absolute Gasteiger partial charge is 0.511 e. The maximum Gasteiger partial charge on any atom is 0.511 e. The van der Waals surface area contributed by atoms with Crippen molar-refractivity contribution in [2.75, 3.05) is 6.54 Å². The van der Waals surface area contributed by atoms with E-state index in [9.17, 15) is 4.79 Å². The molecule has 1 aromatic heterocycles. The first-order chi connectivity index (χ1) is 10.1. The van der Waals surface area contributed by atoms with Crippen LogP contribution in [0.25, 0.3) is 11.0 Å². The van der Waals surface area contributed by atoms with Crippen molar-refractivity contribution < 1.29 is 14.6 Å². The summed E-state index contributed by atoms with van der Waals surface area (Å²) in [4.78, 5) is 18.8. The molecular formula is C15H19N3O3. The van der Waals surface area contributed by atoms with Crippen LogP contribution in [0.15, 0.2) is 12.1 Å². The predicted molar refractivity (Wildman–Crippen MR) is 78.8 cm³/mol. The van der Waals surface area contributed by atoms with Gasteiger partial charge in [-0.2, -0.15) is 0 Å². The molecule has 1 aromatic carbocycles. The summed E-state index contributed by atoms with van der Waals surface area (Å²) in [6.07, 6.45) is 0.844. The normalized spacial score (nSPS) is 18.5. The Balaban J connectivity index is 2.11. The van der Waals surface area contributed by atoms with Crippen LogP contribution in [0.2, 0.25) is 0 Å². The number of carbonyl (C=O) groups is 1. The first-order valence-corrected chi connectivity index (χ1v) is 7.23. The third-order valence-corrected chi connectivity index (χ3v) is 3.86. The highest BCUT2D eigenvalue weighted by atomic mass is 16.7. The van der Waals surface area contributed by atoms with E-state index in [0.717, 1.165) is 36.3 Å². The van der Waals surface area contributed by atoms with Crippen molar-refractivity contribution in [1.29, 1.82) is 0 Å². The minimum atomic E-state index is -1.31. The van der Waals surface area contributed by atoms with Gasteiger partial charge in [0.1, 0.15) is 11.3 Å². The molecule has 6 nitrogen and oxygen atoms in total. The Kier molecular flexibility index (Phi) is 3.55. The molecule has 3 N–H and O–H groups in total. The average Bonchev–Trinajstić information content (AvgIpc) is 3.06. The second kappa shape index (κ2) is 5.37. The minimum Gasteiger partial charge on any atom is -0.449 e. The summed E-state index contributed by atoms with van der Waals surface area (Å²) in [6, 6.07) is 4.04. The van der Waals surface area contributed by atoms with E-state index in [1.54, 1.807) is 0 Å². The number of rotatable bonds is 3. The van der Waals surface area contributed by atoms with Crippen molar-refractivity contribution in [2.45, 2.75) is 38.6 Å². The highest BCUT2D eigenvalue weighted by molar-refractivity contribution is 5.85. The van der Waals surface area contributed by atoms with Crippen molar-refractivity contribution >= 4 is 17.2 Å². The monoisotopic (exact) mass is 289 g/mol. The van der Waals surface area contributed by atoms with E-state index in [-0.39, 0.29) is 12.0 Å². The number of nitrogens with zero attached hydrogens (tertiary/aromatic N) is 1. The van der Waals surface area contributed by atoms with E-state index in [4.69, 9.17) is 9.84 Å². The van der Waals surface area contributed by atoms with Crippen LogP contribution < -0.4 is 10.1 Å². The number of hydrogen-bond donors (Lipinski definition) is 3. The third kappa shape index (κ3) is 2.58. The lowest BCUT2D eigenvalue weighted by atomic mass is 10.0. The van der Waals surface area contributed by atoms with Crippen LogP contribution in [-0.2, 0) is 0 Å². The minimum absolute atomic E-state index is 0.161. The molecule has 0 aliphatic carbocycles. The molecule has 2 heterocycles. The van der Waals surface area contributed by atoms with Crippen molar-refractivity contribution in [3.63, 3.8) is 0 Å². The summed E-state index contributed by atoms with van der Waals surface area (Å²) in [5.74, 6) is 1.35. The average molecular weight is 289 g/mol. The van der Waals surface area contributed by atoms with Gasteiger partial charge >= 0.3 is 6.16 Å². The summed E-state index contributed by atoms with van der Waals surface area (Å²) in [5, 5.41) is 12.4. The lowest BCUT2D eigenvalue weighted by molar-refractivity contribution is 0.144. The molecule has 0 bridgehead atoms. The quantitative estimate of drug-likeness (QED) is 0.596. The van der Waals surface area contributed by atoms with Gasteiger partial charge in [-0.1, -0.05) is 19.9 Å². The van der Waals surface area contributed by atoms with E-state index in [2.05, 4.69) is 15.3 Å². The van der Waals surface area contributed by atoms with Gasteiger partial charge in [0.25, 0.3) is 0 Å². The summed E-state index contributed by atoms with van der Waals surface area (Å²) < 4.78 is 5.01. The Morgan fingerprint density at radius 2 is 2.29 bits per heavy atom. The second-order valence-corrected chi connectivity index (χ2v) is 5.67. The topological polar surface area (TPSA) is 87.2 Å². The van der Waals surface area contributed by atoms with Crippen LogP contribution in [0.4, 0.5) is 4.79 Å². The van der Waals surface area contributed by atoms with Crippen LogP contribution in [-0.4, -0.2) is 27.8 Å². The third-order valence-electron chi connectivity index (χ3n) is 3.86. The molecule has 1 atom stereocenters. The molecule has 0 amide bonds. The van der Waals surface area contributed by atoms with Crippen molar-refractivity contribution in [2.24, 2.45) is 0 Å². The Bertz CT molecular complexity index is 672. The summed E-state index contributed by atoms with van der Waals surface area (Å²) >= 11 is 0. The SMILES string of the molecule is CC(C)c1ccc2[nH]c(C3CCCN3)nc2c1OC(=O)O. The number of imidazole rings is 1. The number of aromatic amines is 1. The highest BCUT2D eigenvalue weighted by Gasteiger charge is 2.23. The number of H-pyrrole nitrogens is 1. The molecule has 1 fully saturated rings.